The molecule has 142 valence electrons. The molecule has 0 fully saturated rings. The van der Waals surface area contributed by atoms with Gasteiger partial charge in [-0.25, -0.2) is 17.8 Å². The van der Waals surface area contributed by atoms with Gasteiger partial charge in [0.05, 0.1) is 17.2 Å². The van der Waals surface area contributed by atoms with E-state index >= 15 is 0 Å². The van der Waals surface area contributed by atoms with E-state index in [1.54, 1.807) is 12.1 Å². The number of nitrogens with zero attached hydrogens (tertiary/aromatic N) is 1. The molecule has 4 nitrogen and oxygen atoms in total. The molecule has 0 aliphatic carbocycles. The Hall–Kier alpha value is -2.47. The molecule has 27 heavy (non-hydrogen) atoms. The van der Waals surface area contributed by atoms with Crippen molar-refractivity contribution in [1.29, 1.82) is 0 Å². The van der Waals surface area contributed by atoms with Crippen LogP contribution in [0.1, 0.15) is 37.6 Å². The minimum atomic E-state index is -3.41. The summed E-state index contributed by atoms with van der Waals surface area (Å²) in [6.07, 6.45) is 1.31. The van der Waals surface area contributed by atoms with Gasteiger partial charge in [-0.05, 0) is 34.7 Å². The summed E-state index contributed by atoms with van der Waals surface area (Å²) < 4.78 is 43.6. The standard InChI is InChI=1S/C21H22FNO3S/c1-21(2,3)17-9-7-15(8-10-17)13-27(24,25)14-19-12-26-20(23-19)16-5-4-6-18(22)11-16/h4-12H,13-14H2,1-3H3. The van der Waals surface area contributed by atoms with Gasteiger partial charge in [-0.3, -0.25) is 0 Å². The number of hydrogen-bond donors (Lipinski definition) is 0. The summed E-state index contributed by atoms with van der Waals surface area (Å²) in [5.41, 5.74) is 2.68. The fraction of sp³-hybridized carbons (Fsp3) is 0.286. The second-order valence-corrected chi connectivity index (χ2v) is 9.70. The smallest absolute Gasteiger partial charge is 0.226 e. The number of benzene rings is 2. The van der Waals surface area contributed by atoms with E-state index in [0.717, 1.165) is 11.1 Å². The summed E-state index contributed by atoms with van der Waals surface area (Å²) in [6, 6.07) is 13.4. The third-order valence-electron chi connectivity index (χ3n) is 4.20. The Labute approximate surface area is 159 Å². The second-order valence-electron chi connectivity index (χ2n) is 7.63. The van der Waals surface area contributed by atoms with Crippen LogP contribution in [-0.4, -0.2) is 13.4 Å². The molecule has 3 rings (SSSR count). The van der Waals surface area contributed by atoms with Crippen molar-refractivity contribution in [2.75, 3.05) is 0 Å². The van der Waals surface area contributed by atoms with E-state index in [4.69, 9.17) is 4.42 Å². The van der Waals surface area contributed by atoms with Gasteiger partial charge in [-0.15, -0.1) is 0 Å². The van der Waals surface area contributed by atoms with Crippen LogP contribution in [0.5, 0.6) is 0 Å². The molecule has 0 spiro atoms. The molecule has 0 amide bonds. The average molecular weight is 387 g/mol. The van der Waals surface area contributed by atoms with Crippen LogP contribution in [0.2, 0.25) is 0 Å². The van der Waals surface area contributed by atoms with Crippen molar-refractivity contribution in [3.8, 4) is 11.5 Å². The van der Waals surface area contributed by atoms with Gasteiger partial charge in [-0.2, -0.15) is 0 Å². The molecule has 0 saturated heterocycles. The molecule has 0 saturated carbocycles. The van der Waals surface area contributed by atoms with Crippen LogP contribution in [0, 0.1) is 5.82 Å². The van der Waals surface area contributed by atoms with E-state index in [9.17, 15) is 12.8 Å². The van der Waals surface area contributed by atoms with E-state index in [1.807, 2.05) is 24.3 Å². The SMILES string of the molecule is CC(C)(C)c1ccc(CS(=O)(=O)Cc2coc(-c3cccc(F)c3)n2)cc1. The lowest BCUT2D eigenvalue weighted by atomic mass is 9.87. The molecule has 6 heteroatoms. The number of hydrogen-bond acceptors (Lipinski definition) is 4. The van der Waals surface area contributed by atoms with E-state index in [-0.39, 0.29) is 22.8 Å². The molecular formula is C21H22FNO3S. The fourth-order valence-electron chi connectivity index (χ4n) is 2.76. The largest absolute Gasteiger partial charge is 0.444 e. The third kappa shape index (κ3) is 5.04. The minimum Gasteiger partial charge on any atom is -0.444 e. The Morgan fingerprint density at radius 3 is 2.37 bits per heavy atom. The predicted octanol–water partition coefficient (Wildman–Crippen LogP) is 4.89. The number of sulfone groups is 1. The lowest BCUT2D eigenvalue weighted by Crippen LogP contribution is -2.11. The van der Waals surface area contributed by atoms with E-state index in [1.165, 1.54) is 18.4 Å². The molecule has 0 unspecified atom stereocenters. The Balaban J connectivity index is 1.72. The van der Waals surface area contributed by atoms with E-state index < -0.39 is 15.7 Å². The molecule has 0 N–H and O–H groups in total. The van der Waals surface area contributed by atoms with Crippen molar-refractivity contribution >= 4 is 9.84 Å². The first kappa shape index (κ1) is 19.3. The van der Waals surface area contributed by atoms with Crippen LogP contribution in [0.25, 0.3) is 11.5 Å². The van der Waals surface area contributed by atoms with E-state index in [2.05, 4.69) is 25.8 Å². The number of rotatable bonds is 5. The summed E-state index contributed by atoms with van der Waals surface area (Å²) in [5, 5.41) is 0. The zero-order valence-electron chi connectivity index (χ0n) is 15.6. The van der Waals surface area contributed by atoms with Gasteiger partial charge in [0, 0.05) is 5.56 Å². The molecule has 1 heterocycles. The lowest BCUT2D eigenvalue weighted by Gasteiger charge is -2.19. The molecule has 0 aliphatic rings. The zero-order valence-corrected chi connectivity index (χ0v) is 16.4. The minimum absolute atomic E-state index is 0.0193. The number of oxazole rings is 1. The normalized spacial score (nSPS) is 12.3. The average Bonchev–Trinajstić information content (AvgIpc) is 3.02. The third-order valence-corrected chi connectivity index (χ3v) is 5.71. The molecule has 2 aromatic carbocycles. The second kappa shape index (κ2) is 7.27. The molecular weight excluding hydrogens is 365 g/mol. The van der Waals surface area contributed by atoms with Gasteiger partial charge in [0.1, 0.15) is 12.1 Å². The highest BCUT2D eigenvalue weighted by Gasteiger charge is 2.18. The lowest BCUT2D eigenvalue weighted by molar-refractivity contribution is 0.570. The van der Waals surface area contributed by atoms with Crippen molar-refractivity contribution in [3.63, 3.8) is 0 Å². The van der Waals surface area contributed by atoms with Gasteiger partial charge in [0.2, 0.25) is 5.89 Å². The summed E-state index contributed by atoms with van der Waals surface area (Å²) in [7, 11) is -3.41. The Bertz CT molecular complexity index is 1030. The summed E-state index contributed by atoms with van der Waals surface area (Å²) >= 11 is 0. The van der Waals surface area contributed by atoms with Crippen molar-refractivity contribution in [1.82, 2.24) is 4.98 Å². The van der Waals surface area contributed by atoms with Crippen molar-refractivity contribution in [2.24, 2.45) is 0 Å². The number of halogens is 1. The maximum absolute atomic E-state index is 13.3. The number of aromatic nitrogens is 1. The first-order valence-corrected chi connectivity index (χ1v) is 10.4. The monoisotopic (exact) mass is 387 g/mol. The maximum Gasteiger partial charge on any atom is 0.226 e. The highest BCUT2D eigenvalue weighted by atomic mass is 32.2. The topological polar surface area (TPSA) is 60.2 Å². The van der Waals surface area contributed by atoms with Gasteiger partial charge in [0.15, 0.2) is 9.84 Å². The Morgan fingerprint density at radius 2 is 1.74 bits per heavy atom. The quantitative estimate of drug-likeness (QED) is 0.625. The fourth-order valence-corrected chi connectivity index (χ4v) is 4.14. The van der Waals surface area contributed by atoms with Gasteiger partial charge < -0.3 is 4.42 Å². The van der Waals surface area contributed by atoms with Crippen LogP contribution in [0.15, 0.2) is 59.2 Å². The Morgan fingerprint density at radius 1 is 1.04 bits per heavy atom. The van der Waals surface area contributed by atoms with Gasteiger partial charge in [0.25, 0.3) is 0 Å². The van der Waals surface area contributed by atoms with Crippen LogP contribution in [0.3, 0.4) is 0 Å². The predicted molar refractivity (Wildman–Crippen MR) is 103 cm³/mol. The van der Waals surface area contributed by atoms with Crippen LogP contribution in [0.4, 0.5) is 4.39 Å². The highest BCUT2D eigenvalue weighted by Crippen LogP contribution is 2.24. The van der Waals surface area contributed by atoms with Crippen LogP contribution in [-0.2, 0) is 26.8 Å². The van der Waals surface area contributed by atoms with Gasteiger partial charge >= 0.3 is 0 Å². The first-order valence-electron chi connectivity index (χ1n) is 8.63. The summed E-state index contributed by atoms with van der Waals surface area (Å²) in [6.45, 7) is 6.33. The van der Waals surface area contributed by atoms with Crippen molar-refractivity contribution < 1.29 is 17.2 Å². The van der Waals surface area contributed by atoms with Crippen molar-refractivity contribution in [3.05, 3.63) is 77.4 Å². The Kier molecular flexibility index (Phi) is 5.20. The van der Waals surface area contributed by atoms with Crippen LogP contribution >= 0.6 is 0 Å². The van der Waals surface area contributed by atoms with Crippen molar-refractivity contribution in [2.45, 2.75) is 37.7 Å². The zero-order chi connectivity index (χ0) is 19.7. The molecule has 0 aliphatic heterocycles. The molecule has 1 aromatic heterocycles. The molecule has 0 atom stereocenters. The van der Waals surface area contributed by atoms with Crippen LogP contribution < -0.4 is 0 Å². The maximum atomic E-state index is 13.3. The molecule has 0 bridgehead atoms. The van der Waals surface area contributed by atoms with Gasteiger partial charge in [-0.1, -0.05) is 51.1 Å². The summed E-state index contributed by atoms with van der Waals surface area (Å²) in [5.74, 6) is -0.500. The molecule has 0 radical (unpaired) electrons. The first-order chi connectivity index (χ1) is 12.6. The van der Waals surface area contributed by atoms with E-state index in [0.29, 0.717) is 11.3 Å². The molecule has 3 aromatic rings. The highest BCUT2D eigenvalue weighted by molar-refractivity contribution is 7.89. The summed E-state index contributed by atoms with van der Waals surface area (Å²) in [4.78, 5) is 4.18.